The van der Waals surface area contributed by atoms with Gasteiger partial charge in [-0.05, 0) is 31.7 Å². The van der Waals surface area contributed by atoms with Crippen LogP contribution in [0.1, 0.15) is 19.8 Å². The lowest BCUT2D eigenvalue weighted by molar-refractivity contribution is 0.694. The molecule has 1 aliphatic carbocycles. The number of pyridine rings is 1. The van der Waals surface area contributed by atoms with Gasteiger partial charge in [0.2, 0.25) is 0 Å². The van der Waals surface area contributed by atoms with Crippen molar-refractivity contribution in [3.8, 4) is 0 Å². The molecule has 1 aromatic rings. The predicted molar refractivity (Wildman–Crippen MR) is 55.1 cm³/mol. The molecular weight excluding hydrogens is 184 g/mol. The fourth-order valence-electron chi connectivity index (χ4n) is 1.44. The van der Waals surface area contributed by atoms with E-state index in [1.807, 2.05) is 6.07 Å². The van der Waals surface area contributed by atoms with Crippen molar-refractivity contribution in [3.63, 3.8) is 0 Å². The molecule has 13 heavy (non-hydrogen) atoms. The summed E-state index contributed by atoms with van der Waals surface area (Å²) in [5, 5.41) is 4.13. The molecule has 1 saturated carbocycles. The Morgan fingerprint density at radius 2 is 2.38 bits per heavy atom. The van der Waals surface area contributed by atoms with E-state index in [1.54, 1.807) is 12.4 Å². The monoisotopic (exact) mass is 196 g/mol. The number of anilines is 1. The largest absolute Gasteiger partial charge is 0.380 e. The van der Waals surface area contributed by atoms with Gasteiger partial charge in [0.05, 0.1) is 16.9 Å². The molecule has 0 amide bonds. The van der Waals surface area contributed by atoms with E-state index >= 15 is 0 Å². The predicted octanol–water partition coefficient (Wildman–Crippen LogP) is 2.95. The van der Waals surface area contributed by atoms with Crippen LogP contribution < -0.4 is 5.32 Å². The van der Waals surface area contributed by atoms with Crippen molar-refractivity contribution in [3.05, 3.63) is 23.5 Å². The molecule has 0 spiro atoms. The summed E-state index contributed by atoms with van der Waals surface area (Å²) in [5.74, 6) is 0.830. The third kappa shape index (κ3) is 2.13. The summed E-state index contributed by atoms with van der Waals surface area (Å²) in [6, 6.07) is 2.32. The lowest BCUT2D eigenvalue weighted by Crippen LogP contribution is -2.17. The standard InChI is InChI=1S/C10H13ClN2/c1-7(8-2-3-8)13-10-6-12-5-4-9(10)11/h4-8,13H,2-3H2,1H3. The molecule has 1 unspecified atom stereocenters. The number of nitrogens with one attached hydrogen (secondary N) is 1. The summed E-state index contributed by atoms with van der Waals surface area (Å²) < 4.78 is 0. The fourth-order valence-corrected chi connectivity index (χ4v) is 1.60. The van der Waals surface area contributed by atoms with E-state index in [9.17, 15) is 0 Å². The lowest BCUT2D eigenvalue weighted by Gasteiger charge is -2.14. The molecule has 1 aliphatic rings. The molecule has 1 aromatic heterocycles. The van der Waals surface area contributed by atoms with Gasteiger partial charge >= 0.3 is 0 Å². The van der Waals surface area contributed by atoms with Crippen LogP contribution in [0.5, 0.6) is 0 Å². The smallest absolute Gasteiger partial charge is 0.0718 e. The summed E-state index contributed by atoms with van der Waals surface area (Å²) in [6.07, 6.45) is 6.16. The molecule has 2 nitrogen and oxygen atoms in total. The van der Waals surface area contributed by atoms with Gasteiger partial charge in [-0.15, -0.1) is 0 Å². The van der Waals surface area contributed by atoms with Crippen LogP contribution in [-0.4, -0.2) is 11.0 Å². The number of aromatic nitrogens is 1. The third-order valence-electron chi connectivity index (χ3n) is 2.48. The maximum absolute atomic E-state index is 5.99. The molecule has 1 atom stereocenters. The van der Waals surface area contributed by atoms with E-state index in [-0.39, 0.29) is 0 Å². The van der Waals surface area contributed by atoms with Gasteiger partial charge in [0.15, 0.2) is 0 Å². The van der Waals surface area contributed by atoms with Gasteiger partial charge in [0.25, 0.3) is 0 Å². The van der Waals surface area contributed by atoms with Crippen LogP contribution in [0, 0.1) is 5.92 Å². The third-order valence-corrected chi connectivity index (χ3v) is 2.81. The molecule has 1 heterocycles. The Bertz CT molecular complexity index is 297. The van der Waals surface area contributed by atoms with Crippen molar-refractivity contribution in [1.82, 2.24) is 4.98 Å². The molecule has 1 fully saturated rings. The molecule has 0 bridgehead atoms. The highest BCUT2D eigenvalue weighted by Crippen LogP contribution is 2.34. The van der Waals surface area contributed by atoms with Crippen molar-refractivity contribution in [2.45, 2.75) is 25.8 Å². The molecular formula is C10H13ClN2. The van der Waals surface area contributed by atoms with Gasteiger partial charge in [-0.3, -0.25) is 4.98 Å². The van der Waals surface area contributed by atoms with Crippen LogP contribution in [0.15, 0.2) is 18.5 Å². The average Bonchev–Trinajstić information content (AvgIpc) is 2.91. The summed E-state index contributed by atoms with van der Waals surface area (Å²) in [5.41, 5.74) is 0.948. The second-order valence-corrected chi connectivity index (χ2v) is 4.03. The molecule has 2 rings (SSSR count). The first-order valence-corrected chi connectivity index (χ1v) is 5.01. The highest BCUT2D eigenvalue weighted by molar-refractivity contribution is 6.33. The minimum atomic E-state index is 0.515. The number of hydrogen-bond donors (Lipinski definition) is 1. The highest BCUT2D eigenvalue weighted by Gasteiger charge is 2.27. The number of rotatable bonds is 3. The van der Waals surface area contributed by atoms with Crippen LogP contribution in [0.2, 0.25) is 5.02 Å². The molecule has 70 valence electrons. The van der Waals surface area contributed by atoms with Crippen LogP contribution in [0.3, 0.4) is 0 Å². The van der Waals surface area contributed by atoms with E-state index in [2.05, 4.69) is 17.2 Å². The van der Waals surface area contributed by atoms with Crippen molar-refractivity contribution < 1.29 is 0 Å². The summed E-state index contributed by atoms with van der Waals surface area (Å²) in [7, 11) is 0. The Kier molecular flexibility index (Phi) is 2.40. The zero-order valence-corrected chi connectivity index (χ0v) is 8.38. The Labute approximate surface area is 83.3 Å². The highest BCUT2D eigenvalue weighted by atomic mass is 35.5. The van der Waals surface area contributed by atoms with E-state index in [4.69, 9.17) is 11.6 Å². The first kappa shape index (κ1) is 8.82. The Hall–Kier alpha value is -0.760. The number of halogens is 1. The number of hydrogen-bond acceptors (Lipinski definition) is 2. The first-order valence-electron chi connectivity index (χ1n) is 4.63. The van der Waals surface area contributed by atoms with E-state index in [1.165, 1.54) is 12.8 Å². The quantitative estimate of drug-likeness (QED) is 0.804. The molecule has 0 radical (unpaired) electrons. The zero-order valence-electron chi connectivity index (χ0n) is 7.63. The topological polar surface area (TPSA) is 24.9 Å². The molecule has 3 heteroatoms. The van der Waals surface area contributed by atoms with Crippen LogP contribution in [0.4, 0.5) is 5.69 Å². The maximum atomic E-state index is 5.99. The average molecular weight is 197 g/mol. The van der Waals surface area contributed by atoms with E-state index in [0.29, 0.717) is 6.04 Å². The molecule has 0 aliphatic heterocycles. The van der Waals surface area contributed by atoms with Gasteiger partial charge in [0.1, 0.15) is 0 Å². The molecule has 1 N–H and O–H groups in total. The van der Waals surface area contributed by atoms with E-state index in [0.717, 1.165) is 16.6 Å². The second-order valence-electron chi connectivity index (χ2n) is 3.63. The fraction of sp³-hybridized carbons (Fsp3) is 0.500. The minimum Gasteiger partial charge on any atom is -0.380 e. The lowest BCUT2D eigenvalue weighted by atomic mass is 10.2. The van der Waals surface area contributed by atoms with Crippen LogP contribution in [0.25, 0.3) is 0 Å². The van der Waals surface area contributed by atoms with Crippen molar-refractivity contribution in [2.24, 2.45) is 5.92 Å². The summed E-state index contributed by atoms with van der Waals surface area (Å²) >= 11 is 5.99. The van der Waals surface area contributed by atoms with Gasteiger partial charge < -0.3 is 5.32 Å². The van der Waals surface area contributed by atoms with Gasteiger partial charge in [-0.1, -0.05) is 11.6 Å². The second kappa shape index (κ2) is 3.54. The molecule has 0 aromatic carbocycles. The van der Waals surface area contributed by atoms with Crippen LogP contribution >= 0.6 is 11.6 Å². The minimum absolute atomic E-state index is 0.515. The number of nitrogens with zero attached hydrogens (tertiary/aromatic N) is 1. The van der Waals surface area contributed by atoms with Gasteiger partial charge in [-0.25, -0.2) is 0 Å². The Morgan fingerprint density at radius 1 is 1.62 bits per heavy atom. The molecule has 0 saturated heterocycles. The van der Waals surface area contributed by atoms with Crippen molar-refractivity contribution in [2.75, 3.05) is 5.32 Å². The van der Waals surface area contributed by atoms with Crippen molar-refractivity contribution >= 4 is 17.3 Å². The summed E-state index contributed by atoms with van der Waals surface area (Å²) in [4.78, 5) is 4.03. The van der Waals surface area contributed by atoms with Crippen LogP contribution in [-0.2, 0) is 0 Å². The SMILES string of the molecule is CC(Nc1cnccc1Cl)C1CC1. The first-order chi connectivity index (χ1) is 6.27. The zero-order chi connectivity index (χ0) is 9.26. The van der Waals surface area contributed by atoms with E-state index < -0.39 is 0 Å². The normalized spacial score (nSPS) is 18.3. The maximum Gasteiger partial charge on any atom is 0.0718 e. The Morgan fingerprint density at radius 3 is 3.00 bits per heavy atom. The van der Waals surface area contributed by atoms with Gasteiger partial charge in [0, 0.05) is 12.2 Å². The van der Waals surface area contributed by atoms with Gasteiger partial charge in [-0.2, -0.15) is 0 Å². The Balaban J connectivity index is 2.03. The summed E-state index contributed by atoms with van der Waals surface area (Å²) in [6.45, 7) is 2.20. The van der Waals surface area contributed by atoms with Crippen molar-refractivity contribution in [1.29, 1.82) is 0 Å².